The molecule has 16 heavy (non-hydrogen) atoms. The summed E-state index contributed by atoms with van der Waals surface area (Å²) in [5.74, 6) is -0.364. The summed E-state index contributed by atoms with van der Waals surface area (Å²) in [6, 6.07) is 0. The average Bonchev–Trinajstić information content (AvgIpc) is 2.16. The lowest BCUT2D eigenvalue weighted by Crippen LogP contribution is -2.04. The predicted molar refractivity (Wildman–Crippen MR) is 68.1 cm³/mol. The molecule has 0 aromatic heterocycles. The van der Waals surface area contributed by atoms with Crippen LogP contribution >= 0.6 is 23.5 Å². The van der Waals surface area contributed by atoms with E-state index in [-0.39, 0.29) is 12.8 Å². The topological polar surface area (TPSA) is 74.6 Å². The van der Waals surface area contributed by atoms with E-state index >= 15 is 0 Å². The molecule has 0 amide bonds. The third kappa shape index (κ3) is 10.2. The monoisotopic (exact) mass is 266 g/mol. The highest BCUT2D eigenvalue weighted by Gasteiger charge is 2.10. The van der Waals surface area contributed by atoms with Crippen molar-refractivity contribution in [3.05, 3.63) is 0 Å². The molecule has 0 aliphatic heterocycles. The fraction of sp³-hybridized carbons (Fsp3) is 0.800. The van der Waals surface area contributed by atoms with Crippen molar-refractivity contribution >= 4 is 35.5 Å². The number of hydrogen-bond acceptors (Lipinski definition) is 4. The van der Waals surface area contributed by atoms with Gasteiger partial charge < -0.3 is 10.2 Å². The minimum absolute atomic E-state index is 0.171. The van der Waals surface area contributed by atoms with Crippen molar-refractivity contribution in [2.45, 2.75) is 37.2 Å². The Kier molecular flexibility index (Phi) is 9.62. The van der Waals surface area contributed by atoms with Crippen LogP contribution in [0.4, 0.5) is 0 Å². The second-order valence-electron chi connectivity index (χ2n) is 3.25. The highest BCUT2D eigenvalue weighted by molar-refractivity contribution is 8.17. The number of aliphatic carboxylic acids is 2. The molecule has 0 spiro atoms. The van der Waals surface area contributed by atoms with Gasteiger partial charge in [0.1, 0.15) is 0 Å². The van der Waals surface area contributed by atoms with Crippen LogP contribution in [0.5, 0.6) is 0 Å². The predicted octanol–water partition coefficient (Wildman–Crippen LogP) is 2.53. The van der Waals surface area contributed by atoms with Gasteiger partial charge in [-0.15, -0.1) is 23.5 Å². The average molecular weight is 266 g/mol. The van der Waals surface area contributed by atoms with Crippen LogP contribution in [0.15, 0.2) is 0 Å². The first-order valence-electron chi connectivity index (χ1n) is 5.23. The molecular formula is C10H18O4S2. The molecule has 94 valence electrons. The van der Waals surface area contributed by atoms with Gasteiger partial charge in [-0.25, -0.2) is 0 Å². The molecule has 0 atom stereocenters. The number of carboxylic acids is 2. The van der Waals surface area contributed by atoms with Gasteiger partial charge in [0.2, 0.25) is 0 Å². The molecule has 0 radical (unpaired) electrons. The highest BCUT2D eigenvalue weighted by Crippen LogP contribution is 2.28. The van der Waals surface area contributed by atoms with Crippen molar-refractivity contribution in [3.8, 4) is 0 Å². The lowest BCUT2D eigenvalue weighted by Gasteiger charge is -2.14. The number of thioether (sulfide) groups is 2. The van der Waals surface area contributed by atoms with Crippen molar-refractivity contribution in [2.75, 3.05) is 11.5 Å². The van der Waals surface area contributed by atoms with Crippen LogP contribution in [-0.4, -0.2) is 38.2 Å². The fourth-order valence-corrected chi connectivity index (χ4v) is 3.88. The van der Waals surface area contributed by atoms with E-state index in [0.717, 1.165) is 12.8 Å². The molecule has 0 aliphatic carbocycles. The van der Waals surface area contributed by atoms with Crippen molar-refractivity contribution < 1.29 is 19.8 Å². The van der Waals surface area contributed by atoms with Crippen molar-refractivity contribution in [3.63, 3.8) is 0 Å². The summed E-state index contributed by atoms with van der Waals surface area (Å²) < 4.78 is 0.323. The van der Waals surface area contributed by atoms with E-state index in [1.54, 1.807) is 23.5 Å². The van der Waals surface area contributed by atoms with Crippen LogP contribution < -0.4 is 0 Å². The summed E-state index contributed by atoms with van der Waals surface area (Å²) in [5, 5.41) is 17.0. The first-order chi connectivity index (χ1) is 7.56. The Morgan fingerprint density at radius 1 is 1.06 bits per heavy atom. The van der Waals surface area contributed by atoms with Crippen LogP contribution in [0.2, 0.25) is 0 Å². The minimum atomic E-state index is -0.779. The molecule has 0 unspecified atom stereocenters. The van der Waals surface area contributed by atoms with Gasteiger partial charge in [0.15, 0.2) is 0 Å². The first kappa shape index (κ1) is 15.6. The number of rotatable bonds is 10. The molecule has 0 heterocycles. The van der Waals surface area contributed by atoms with Gasteiger partial charge in [-0.1, -0.05) is 13.3 Å². The van der Waals surface area contributed by atoms with E-state index in [2.05, 4.69) is 6.92 Å². The Bertz CT molecular complexity index is 201. The summed E-state index contributed by atoms with van der Waals surface area (Å²) in [6.45, 7) is 2.07. The zero-order valence-electron chi connectivity index (χ0n) is 9.35. The van der Waals surface area contributed by atoms with Gasteiger partial charge in [-0.3, -0.25) is 9.59 Å². The molecule has 2 N–H and O–H groups in total. The molecule has 4 nitrogen and oxygen atoms in total. The molecule has 0 aliphatic rings. The normalized spacial score (nSPS) is 10.6. The van der Waals surface area contributed by atoms with Crippen molar-refractivity contribution in [1.29, 1.82) is 0 Å². The Balaban J connectivity index is 3.69. The van der Waals surface area contributed by atoms with E-state index in [4.69, 9.17) is 10.2 Å². The Labute approximate surface area is 104 Å². The molecule has 0 bridgehead atoms. The number of carboxylic acid groups (broad SMARTS) is 2. The second kappa shape index (κ2) is 9.84. The summed E-state index contributed by atoms with van der Waals surface area (Å²) in [5.41, 5.74) is 0. The van der Waals surface area contributed by atoms with Gasteiger partial charge in [0.25, 0.3) is 0 Å². The third-order valence-electron chi connectivity index (χ3n) is 1.76. The summed E-state index contributed by atoms with van der Waals surface area (Å²) in [6.07, 6.45) is 2.37. The van der Waals surface area contributed by atoms with E-state index in [1.807, 2.05) is 0 Å². The van der Waals surface area contributed by atoms with Gasteiger partial charge >= 0.3 is 11.9 Å². The molecule has 0 saturated heterocycles. The maximum atomic E-state index is 10.3. The Hall–Kier alpha value is -0.360. The van der Waals surface area contributed by atoms with E-state index in [0.29, 0.717) is 16.1 Å². The van der Waals surface area contributed by atoms with Gasteiger partial charge in [-0.05, 0) is 6.42 Å². The molecule has 0 saturated carbocycles. The summed E-state index contributed by atoms with van der Waals surface area (Å²) >= 11 is 3.23. The van der Waals surface area contributed by atoms with Crippen LogP contribution in [0.3, 0.4) is 0 Å². The highest BCUT2D eigenvalue weighted by atomic mass is 32.2. The summed E-state index contributed by atoms with van der Waals surface area (Å²) in [4.78, 5) is 20.7. The third-order valence-corrected chi connectivity index (χ3v) is 4.67. The zero-order valence-corrected chi connectivity index (χ0v) is 11.0. The summed E-state index contributed by atoms with van der Waals surface area (Å²) in [7, 11) is 0. The maximum absolute atomic E-state index is 10.3. The van der Waals surface area contributed by atoms with E-state index in [1.165, 1.54) is 0 Å². The molecule has 0 rings (SSSR count). The minimum Gasteiger partial charge on any atom is -0.481 e. The smallest absolute Gasteiger partial charge is 0.304 e. The van der Waals surface area contributed by atoms with Gasteiger partial charge in [0, 0.05) is 11.5 Å². The lowest BCUT2D eigenvalue weighted by molar-refractivity contribution is -0.137. The van der Waals surface area contributed by atoms with Crippen LogP contribution in [-0.2, 0) is 9.59 Å². The van der Waals surface area contributed by atoms with E-state index < -0.39 is 11.9 Å². The maximum Gasteiger partial charge on any atom is 0.304 e. The van der Waals surface area contributed by atoms with Crippen molar-refractivity contribution in [2.24, 2.45) is 0 Å². The lowest BCUT2D eigenvalue weighted by atomic mass is 10.4. The van der Waals surface area contributed by atoms with Crippen molar-refractivity contribution in [1.82, 2.24) is 0 Å². The first-order valence-corrected chi connectivity index (χ1v) is 7.32. The van der Waals surface area contributed by atoms with Crippen LogP contribution in [0, 0.1) is 0 Å². The van der Waals surface area contributed by atoms with Crippen LogP contribution in [0.1, 0.15) is 32.6 Å². The SMILES string of the molecule is CCCC(SCCC(=O)O)SCCC(=O)O. The standard InChI is InChI=1S/C10H18O4S2/c1-2-3-10(15-6-4-8(11)12)16-7-5-9(13)14/h10H,2-7H2,1H3,(H,11,12)(H,13,14). The molecule has 0 aromatic carbocycles. The quantitative estimate of drug-likeness (QED) is 0.592. The van der Waals surface area contributed by atoms with Crippen LogP contribution in [0.25, 0.3) is 0 Å². The number of hydrogen-bond donors (Lipinski definition) is 2. The van der Waals surface area contributed by atoms with Gasteiger partial charge in [0.05, 0.1) is 17.4 Å². The zero-order chi connectivity index (χ0) is 12.4. The van der Waals surface area contributed by atoms with Gasteiger partial charge in [-0.2, -0.15) is 0 Å². The number of carbonyl (C=O) groups is 2. The second-order valence-corrected chi connectivity index (χ2v) is 6.17. The molecule has 0 fully saturated rings. The Morgan fingerprint density at radius 3 is 1.81 bits per heavy atom. The molecule has 0 aromatic rings. The van der Waals surface area contributed by atoms with E-state index in [9.17, 15) is 9.59 Å². The largest absolute Gasteiger partial charge is 0.481 e. The molecular weight excluding hydrogens is 248 g/mol. The Morgan fingerprint density at radius 2 is 1.50 bits per heavy atom. The molecule has 6 heteroatoms. The fourth-order valence-electron chi connectivity index (χ4n) is 1.01.